The Kier molecular flexibility index (Phi) is 5.05. The number of ether oxygens (including phenoxy) is 2. The van der Waals surface area contributed by atoms with E-state index < -0.39 is 10.0 Å². The van der Waals surface area contributed by atoms with E-state index in [4.69, 9.17) is 13.9 Å². The van der Waals surface area contributed by atoms with Gasteiger partial charge in [-0.05, 0) is 12.1 Å². The summed E-state index contributed by atoms with van der Waals surface area (Å²) in [6, 6.07) is 3.13. The Morgan fingerprint density at radius 2 is 2.19 bits per heavy atom. The van der Waals surface area contributed by atoms with Crippen molar-refractivity contribution >= 4 is 10.0 Å². The smallest absolute Gasteiger partial charge is 0.275 e. The van der Waals surface area contributed by atoms with E-state index in [-0.39, 0.29) is 10.7 Å². The van der Waals surface area contributed by atoms with Crippen LogP contribution in [0.1, 0.15) is 12.2 Å². The van der Waals surface area contributed by atoms with Gasteiger partial charge in [0.25, 0.3) is 10.0 Å². The van der Waals surface area contributed by atoms with E-state index >= 15 is 0 Å². The number of hydrogen-bond donors (Lipinski definition) is 1. The lowest BCUT2D eigenvalue weighted by atomic mass is 10.0. The van der Waals surface area contributed by atoms with Crippen molar-refractivity contribution in [3.8, 4) is 0 Å². The maximum atomic E-state index is 11.9. The molecule has 1 unspecified atom stereocenters. The van der Waals surface area contributed by atoms with Crippen LogP contribution in [0.15, 0.2) is 21.6 Å². The second-order valence-corrected chi connectivity index (χ2v) is 7.38. The number of nitrogens with zero attached hydrogens (tertiary/aromatic N) is 1. The lowest BCUT2D eigenvalue weighted by Crippen LogP contribution is -2.42. The molecule has 0 aromatic carbocycles. The molecule has 1 aromatic heterocycles. The van der Waals surface area contributed by atoms with Crippen LogP contribution >= 0.6 is 0 Å². The number of methoxy groups -OCH3 is 1. The first-order chi connectivity index (χ1) is 9.89. The molecule has 0 saturated carbocycles. The molecular weight excluding hydrogens is 296 g/mol. The fraction of sp³-hybridized carbons (Fsp3) is 0.692. The van der Waals surface area contributed by atoms with E-state index in [1.54, 1.807) is 13.2 Å². The highest BCUT2D eigenvalue weighted by atomic mass is 32.2. The van der Waals surface area contributed by atoms with Crippen LogP contribution < -0.4 is 5.32 Å². The molecule has 120 valence electrons. The summed E-state index contributed by atoms with van der Waals surface area (Å²) < 4.78 is 41.2. The van der Waals surface area contributed by atoms with Crippen LogP contribution in [-0.4, -0.2) is 59.3 Å². The zero-order valence-electron chi connectivity index (χ0n) is 12.6. The van der Waals surface area contributed by atoms with Crippen molar-refractivity contribution in [1.29, 1.82) is 0 Å². The second kappa shape index (κ2) is 6.45. The lowest BCUT2D eigenvalue weighted by Gasteiger charge is -2.25. The summed E-state index contributed by atoms with van der Waals surface area (Å²) in [6.07, 6.45) is 0.842. The average molecular weight is 318 g/mol. The number of rotatable bonds is 7. The highest BCUT2D eigenvalue weighted by Crippen LogP contribution is 2.22. The molecule has 1 saturated heterocycles. The molecule has 0 spiro atoms. The standard InChI is InChI=1S/C13H22N2O5S/c1-15(2)21(16,17)12-5-4-11(20-12)8-14-9-13(18-3)6-7-19-10-13/h4-5,14H,6-10H2,1-3H3. The van der Waals surface area contributed by atoms with Gasteiger partial charge in [0.15, 0.2) is 0 Å². The number of nitrogens with one attached hydrogen (secondary N) is 1. The Bertz CT molecular complexity index is 561. The highest BCUT2D eigenvalue weighted by Gasteiger charge is 2.34. The fourth-order valence-corrected chi connectivity index (χ4v) is 2.96. The van der Waals surface area contributed by atoms with E-state index in [2.05, 4.69) is 5.32 Å². The molecule has 1 atom stereocenters. The minimum atomic E-state index is -3.52. The Morgan fingerprint density at radius 3 is 2.76 bits per heavy atom. The van der Waals surface area contributed by atoms with E-state index in [1.165, 1.54) is 20.2 Å². The van der Waals surface area contributed by atoms with Crippen LogP contribution in [0.2, 0.25) is 0 Å². The number of hydrogen-bond acceptors (Lipinski definition) is 6. The van der Waals surface area contributed by atoms with Gasteiger partial charge < -0.3 is 19.2 Å². The molecule has 0 radical (unpaired) electrons. The van der Waals surface area contributed by atoms with Crippen LogP contribution in [0.4, 0.5) is 0 Å². The molecule has 21 heavy (non-hydrogen) atoms. The van der Waals surface area contributed by atoms with Crippen molar-refractivity contribution in [1.82, 2.24) is 9.62 Å². The SMILES string of the molecule is COC1(CNCc2ccc(S(=O)(=O)N(C)C)o2)CCOC1. The Balaban J connectivity index is 1.92. The van der Waals surface area contributed by atoms with E-state index in [0.717, 1.165) is 10.7 Å². The predicted octanol–water partition coefficient (Wildman–Crippen LogP) is 0.425. The van der Waals surface area contributed by atoms with E-state index in [0.29, 0.717) is 32.1 Å². The summed E-state index contributed by atoms with van der Waals surface area (Å²) in [4.78, 5) is 0. The minimum absolute atomic E-state index is 0.0463. The van der Waals surface area contributed by atoms with Gasteiger partial charge in [-0.15, -0.1) is 0 Å². The molecule has 1 N–H and O–H groups in total. The van der Waals surface area contributed by atoms with Crippen molar-refractivity contribution in [2.24, 2.45) is 0 Å². The third-order valence-corrected chi connectivity index (χ3v) is 5.31. The zero-order valence-corrected chi connectivity index (χ0v) is 13.4. The Labute approximate surface area is 125 Å². The first-order valence-corrected chi connectivity index (χ1v) is 8.18. The number of furan rings is 1. The maximum absolute atomic E-state index is 11.9. The van der Waals surface area contributed by atoms with Gasteiger partial charge in [-0.1, -0.05) is 0 Å². The monoisotopic (exact) mass is 318 g/mol. The quantitative estimate of drug-likeness (QED) is 0.785. The minimum Gasteiger partial charge on any atom is -0.447 e. The summed E-state index contributed by atoms with van der Waals surface area (Å²) in [5, 5.41) is 3.18. The normalized spacial score (nSPS) is 23.0. The first-order valence-electron chi connectivity index (χ1n) is 6.74. The predicted molar refractivity (Wildman–Crippen MR) is 76.5 cm³/mol. The topological polar surface area (TPSA) is 81.0 Å². The van der Waals surface area contributed by atoms with Crippen molar-refractivity contribution < 1.29 is 22.3 Å². The van der Waals surface area contributed by atoms with Gasteiger partial charge in [-0.3, -0.25) is 0 Å². The van der Waals surface area contributed by atoms with Crippen LogP contribution in [-0.2, 0) is 26.0 Å². The van der Waals surface area contributed by atoms with Gasteiger partial charge in [-0.25, -0.2) is 12.7 Å². The first kappa shape index (κ1) is 16.4. The van der Waals surface area contributed by atoms with E-state index in [1.807, 2.05) is 0 Å². The molecule has 0 bridgehead atoms. The molecule has 7 nitrogen and oxygen atoms in total. The van der Waals surface area contributed by atoms with Crippen LogP contribution in [0, 0.1) is 0 Å². The molecule has 1 fully saturated rings. The fourth-order valence-electron chi connectivity index (χ4n) is 2.15. The van der Waals surface area contributed by atoms with Gasteiger partial charge in [-0.2, -0.15) is 0 Å². The second-order valence-electron chi connectivity index (χ2n) is 5.30. The third-order valence-electron chi connectivity index (χ3n) is 3.62. The summed E-state index contributed by atoms with van der Waals surface area (Å²) in [5.74, 6) is 0.570. The summed E-state index contributed by atoms with van der Waals surface area (Å²) in [7, 11) is 1.09. The molecule has 8 heteroatoms. The molecule has 1 aliphatic rings. The van der Waals surface area contributed by atoms with Crippen molar-refractivity contribution in [2.75, 3.05) is 41.0 Å². The van der Waals surface area contributed by atoms with Crippen molar-refractivity contribution in [3.63, 3.8) is 0 Å². The van der Waals surface area contributed by atoms with Crippen molar-refractivity contribution in [2.45, 2.75) is 23.7 Å². The molecule has 1 aliphatic heterocycles. The molecule has 2 heterocycles. The van der Waals surface area contributed by atoms with Crippen LogP contribution in [0.5, 0.6) is 0 Å². The Hall–Kier alpha value is -0.930. The Morgan fingerprint density at radius 1 is 1.43 bits per heavy atom. The van der Waals surface area contributed by atoms with Crippen molar-refractivity contribution in [3.05, 3.63) is 17.9 Å². The van der Waals surface area contributed by atoms with Crippen LogP contribution in [0.3, 0.4) is 0 Å². The van der Waals surface area contributed by atoms with Gasteiger partial charge in [0.2, 0.25) is 5.09 Å². The third kappa shape index (κ3) is 3.64. The lowest BCUT2D eigenvalue weighted by molar-refractivity contribution is -0.0161. The summed E-state index contributed by atoms with van der Waals surface area (Å²) in [6.45, 7) is 2.32. The zero-order chi connectivity index (χ0) is 15.5. The highest BCUT2D eigenvalue weighted by molar-refractivity contribution is 7.88. The van der Waals surface area contributed by atoms with Gasteiger partial charge in [0, 0.05) is 40.8 Å². The largest absolute Gasteiger partial charge is 0.447 e. The van der Waals surface area contributed by atoms with E-state index in [9.17, 15) is 8.42 Å². The molecule has 2 rings (SSSR count). The number of sulfonamides is 1. The summed E-state index contributed by atoms with van der Waals surface area (Å²) in [5.41, 5.74) is -0.300. The average Bonchev–Trinajstić information content (AvgIpc) is 3.08. The molecule has 0 amide bonds. The maximum Gasteiger partial charge on any atom is 0.275 e. The molecule has 1 aromatic rings. The molecule has 0 aliphatic carbocycles. The van der Waals surface area contributed by atoms with Gasteiger partial charge >= 0.3 is 0 Å². The van der Waals surface area contributed by atoms with Crippen LogP contribution in [0.25, 0.3) is 0 Å². The molecular formula is C13H22N2O5S. The van der Waals surface area contributed by atoms with Gasteiger partial charge in [0.05, 0.1) is 13.2 Å². The van der Waals surface area contributed by atoms with Gasteiger partial charge in [0.1, 0.15) is 11.4 Å². The summed E-state index contributed by atoms with van der Waals surface area (Å²) >= 11 is 0.